The zero-order valence-corrected chi connectivity index (χ0v) is 14.2. The molecule has 1 aliphatic rings. The van der Waals surface area contributed by atoms with E-state index in [1.807, 2.05) is 30.3 Å². The van der Waals surface area contributed by atoms with Crippen LogP contribution in [-0.2, 0) is 0 Å². The first-order valence-corrected chi connectivity index (χ1v) is 8.80. The van der Waals surface area contributed by atoms with Crippen LogP contribution in [-0.4, -0.2) is 5.71 Å². The van der Waals surface area contributed by atoms with Crippen LogP contribution in [0, 0.1) is 5.41 Å². The summed E-state index contributed by atoms with van der Waals surface area (Å²) in [5.74, 6) is -0.642. The summed E-state index contributed by atoms with van der Waals surface area (Å²) in [5.41, 5.74) is 2.58. The Hall–Kier alpha value is -2.61. The summed E-state index contributed by atoms with van der Waals surface area (Å²) in [6, 6.07) is 11.2. The number of fused-ring (bicyclic) bond motifs is 3. The Morgan fingerprint density at radius 1 is 1.12 bits per heavy atom. The van der Waals surface area contributed by atoms with Crippen LogP contribution in [0.15, 0.2) is 65.6 Å². The minimum Gasteiger partial charge on any atom is -0.455 e. The van der Waals surface area contributed by atoms with Crippen LogP contribution < -0.4 is 0 Å². The number of para-hydroxylation sites is 2. The molecule has 1 aromatic heterocycles. The maximum Gasteiger partial charge on any atom is 0.144 e. The normalized spacial score (nSPS) is 19.8. The second kappa shape index (κ2) is 6.72. The molecule has 0 radical (unpaired) electrons. The highest BCUT2D eigenvalue weighted by Gasteiger charge is 2.21. The van der Waals surface area contributed by atoms with Crippen LogP contribution in [0.5, 0.6) is 0 Å². The quantitative estimate of drug-likeness (QED) is 0.416. The summed E-state index contributed by atoms with van der Waals surface area (Å²) in [5, 5.41) is 10.2. The first-order chi connectivity index (χ1) is 13.5. The van der Waals surface area contributed by atoms with Crippen molar-refractivity contribution in [3.8, 4) is 0 Å². The van der Waals surface area contributed by atoms with Crippen LogP contribution in [0.4, 0.5) is 0 Å². The van der Waals surface area contributed by atoms with Gasteiger partial charge < -0.3 is 9.83 Å². The molecule has 0 bridgehead atoms. The predicted octanol–water partition coefficient (Wildman–Crippen LogP) is 6.74. The molecular weight excluding hydrogens is 306 g/mol. The van der Waals surface area contributed by atoms with Gasteiger partial charge in [0.25, 0.3) is 0 Å². The average Bonchev–Trinajstić information content (AvgIpc) is 3.11. The SMILES string of the molecule is [2H]/C(C=C)=C(\[2H])C(=N)c1cccc2c1oc1c(C3([2H])CCCCC3)cccc12. The van der Waals surface area contributed by atoms with Gasteiger partial charge in [0, 0.05) is 17.7 Å². The Morgan fingerprint density at radius 2 is 1.84 bits per heavy atom. The highest BCUT2D eigenvalue weighted by atomic mass is 16.3. The van der Waals surface area contributed by atoms with Gasteiger partial charge in [0.1, 0.15) is 11.2 Å². The maximum atomic E-state index is 9.03. The summed E-state index contributed by atoms with van der Waals surface area (Å²) < 4.78 is 31.2. The van der Waals surface area contributed by atoms with Gasteiger partial charge in [-0.05, 0) is 36.4 Å². The topological polar surface area (TPSA) is 37.0 Å². The third kappa shape index (κ3) is 2.82. The van der Waals surface area contributed by atoms with Gasteiger partial charge >= 0.3 is 0 Å². The fourth-order valence-corrected chi connectivity index (χ4v) is 3.73. The Labute approximate surface area is 152 Å². The standard InChI is InChI=1S/C23H23NO/c1-2-3-15-21(24)20-14-8-13-19-18-12-7-11-17(22(18)25-23(19)20)16-9-5-4-6-10-16/h2-3,7-8,11-16,24H,1,4-6,9-10H2/b15-3-,24-21?/i3D,15D,16D. The Morgan fingerprint density at radius 3 is 2.60 bits per heavy atom. The third-order valence-corrected chi connectivity index (χ3v) is 4.93. The summed E-state index contributed by atoms with van der Waals surface area (Å²) in [4.78, 5) is 0. The molecule has 1 aliphatic carbocycles. The monoisotopic (exact) mass is 332 g/mol. The van der Waals surface area contributed by atoms with Crippen LogP contribution in [0.25, 0.3) is 21.9 Å². The molecule has 3 aromatic rings. The molecule has 1 heterocycles. The second-order valence-corrected chi connectivity index (χ2v) is 6.48. The van der Waals surface area contributed by atoms with Crippen LogP contribution in [0.2, 0.25) is 0 Å². The van der Waals surface area contributed by atoms with E-state index in [2.05, 4.69) is 6.58 Å². The molecule has 0 unspecified atom stereocenters. The number of hydrogen-bond donors (Lipinski definition) is 1. The van der Waals surface area contributed by atoms with E-state index in [1.54, 1.807) is 6.07 Å². The summed E-state index contributed by atoms with van der Waals surface area (Å²) in [6.07, 6.45) is 6.20. The zero-order valence-electron chi connectivity index (χ0n) is 17.2. The van der Waals surface area contributed by atoms with Gasteiger partial charge in [-0.3, -0.25) is 0 Å². The van der Waals surface area contributed by atoms with E-state index in [0.29, 0.717) is 16.7 Å². The number of rotatable bonds is 4. The van der Waals surface area contributed by atoms with Crippen molar-refractivity contribution in [2.45, 2.75) is 38.0 Å². The lowest BCUT2D eigenvalue weighted by Gasteiger charge is -2.21. The van der Waals surface area contributed by atoms with Crippen molar-refractivity contribution in [2.75, 3.05) is 0 Å². The predicted molar refractivity (Wildman–Crippen MR) is 106 cm³/mol. The number of benzene rings is 2. The fraction of sp³-hybridized carbons (Fsp3) is 0.261. The van der Waals surface area contributed by atoms with E-state index in [4.69, 9.17) is 13.9 Å². The summed E-state index contributed by atoms with van der Waals surface area (Å²) in [6.45, 7) is 3.52. The largest absolute Gasteiger partial charge is 0.455 e. The zero-order chi connectivity index (χ0) is 19.9. The Kier molecular flexibility index (Phi) is 3.41. The Bertz CT molecular complexity index is 1120. The molecule has 0 amide bonds. The molecule has 2 aromatic carbocycles. The second-order valence-electron chi connectivity index (χ2n) is 6.48. The highest BCUT2D eigenvalue weighted by molar-refractivity contribution is 6.18. The van der Waals surface area contributed by atoms with Crippen molar-refractivity contribution >= 4 is 27.7 Å². The lowest BCUT2D eigenvalue weighted by atomic mass is 9.83. The van der Waals surface area contributed by atoms with Crippen LogP contribution in [0.1, 0.15) is 53.2 Å². The number of nitrogens with one attached hydrogen (secondary N) is 1. The minimum absolute atomic E-state index is 0.0608. The third-order valence-electron chi connectivity index (χ3n) is 4.93. The van der Waals surface area contributed by atoms with E-state index in [1.165, 1.54) is 12.5 Å². The van der Waals surface area contributed by atoms with E-state index in [0.717, 1.165) is 42.0 Å². The van der Waals surface area contributed by atoms with Crippen molar-refractivity contribution in [3.05, 3.63) is 72.3 Å². The lowest BCUT2D eigenvalue weighted by molar-refractivity contribution is 0.442. The molecular formula is C23H23NO. The van der Waals surface area contributed by atoms with Crippen molar-refractivity contribution in [1.82, 2.24) is 0 Å². The molecule has 0 saturated heterocycles. The van der Waals surface area contributed by atoms with E-state index in [9.17, 15) is 0 Å². The van der Waals surface area contributed by atoms with Gasteiger partial charge in [0.15, 0.2) is 0 Å². The van der Waals surface area contributed by atoms with E-state index < -0.39 is 5.89 Å². The van der Waals surface area contributed by atoms with Gasteiger partial charge in [0.05, 0.1) is 8.45 Å². The Balaban J connectivity index is 1.95. The lowest BCUT2D eigenvalue weighted by Crippen LogP contribution is -2.04. The van der Waals surface area contributed by atoms with Crippen molar-refractivity contribution in [1.29, 1.82) is 5.41 Å². The number of furan rings is 1. The molecule has 1 saturated carbocycles. The first kappa shape index (κ1) is 12.7. The van der Waals surface area contributed by atoms with Crippen molar-refractivity contribution < 1.29 is 8.53 Å². The average molecular weight is 332 g/mol. The minimum atomic E-state index is -0.642. The van der Waals surface area contributed by atoms with E-state index in [-0.39, 0.29) is 17.8 Å². The fourth-order valence-electron chi connectivity index (χ4n) is 3.73. The molecule has 25 heavy (non-hydrogen) atoms. The summed E-state index contributed by atoms with van der Waals surface area (Å²) in [7, 11) is 0. The van der Waals surface area contributed by atoms with E-state index >= 15 is 0 Å². The summed E-state index contributed by atoms with van der Waals surface area (Å²) >= 11 is 0. The van der Waals surface area contributed by atoms with Gasteiger partial charge in [-0.15, -0.1) is 0 Å². The molecule has 0 aliphatic heterocycles. The molecule has 4 rings (SSSR count). The highest BCUT2D eigenvalue weighted by Crippen LogP contribution is 2.40. The smallest absolute Gasteiger partial charge is 0.144 e. The van der Waals surface area contributed by atoms with Crippen molar-refractivity contribution in [2.24, 2.45) is 0 Å². The maximum absolute atomic E-state index is 9.03. The number of allylic oxidation sites excluding steroid dienone is 3. The molecule has 2 heteroatoms. The van der Waals surface area contributed by atoms with Crippen LogP contribution in [0.3, 0.4) is 0 Å². The molecule has 0 atom stereocenters. The molecule has 2 nitrogen and oxygen atoms in total. The first-order valence-electron chi connectivity index (χ1n) is 10.3. The number of hydrogen-bond acceptors (Lipinski definition) is 2. The molecule has 1 fully saturated rings. The molecule has 126 valence electrons. The van der Waals surface area contributed by atoms with Crippen molar-refractivity contribution in [3.63, 3.8) is 0 Å². The van der Waals surface area contributed by atoms with Gasteiger partial charge in [0.2, 0.25) is 0 Å². The van der Waals surface area contributed by atoms with Gasteiger partial charge in [-0.2, -0.15) is 0 Å². The van der Waals surface area contributed by atoms with Crippen LogP contribution >= 0.6 is 0 Å². The molecule has 1 N–H and O–H groups in total. The van der Waals surface area contributed by atoms with Gasteiger partial charge in [-0.25, -0.2) is 0 Å². The molecule has 0 spiro atoms. The van der Waals surface area contributed by atoms with Gasteiger partial charge in [-0.1, -0.05) is 68.3 Å².